The van der Waals surface area contributed by atoms with Gasteiger partial charge in [-0.3, -0.25) is 4.79 Å². The van der Waals surface area contributed by atoms with Gasteiger partial charge in [-0.25, -0.2) is 0 Å². The Morgan fingerprint density at radius 1 is 1.36 bits per heavy atom. The van der Waals surface area contributed by atoms with E-state index in [9.17, 15) is 4.79 Å². The molecule has 2 aliphatic rings. The molecule has 3 heterocycles. The summed E-state index contributed by atoms with van der Waals surface area (Å²) in [6.45, 7) is 3.65. The second-order valence-corrected chi connectivity index (χ2v) is 8.66. The van der Waals surface area contributed by atoms with Crippen LogP contribution in [-0.4, -0.2) is 32.5 Å². The van der Waals surface area contributed by atoms with E-state index in [4.69, 9.17) is 21.1 Å². The van der Waals surface area contributed by atoms with Crippen LogP contribution in [0.15, 0.2) is 58.0 Å². The number of carbonyl (C=O) groups excluding carboxylic acids is 1. The van der Waals surface area contributed by atoms with Crippen LogP contribution >= 0.6 is 34.7 Å². The molecule has 1 amide bonds. The quantitative estimate of drug-likeness (QED) is 0.641. The van der Waals surface area contributed by atoms with Gasteiger partial charge in [0, 0.05) is 27.1 Å². The van der Waals surface area contributed by atoms with Gasteiger partial charge in [-0.2, -0.15) is 0 Å². The van der Waals surface area contributed by atoms with Crippen molar-refractivity contribution in [2.45, 2.75) is 12.7 Å². The fourth-order valence-electron chi connectivity index (χ4n) is 2.61. The van der Waals surface area contributed by atoms with E-state index < -0.39 is 0 Å². The predicted octanol–water partition coefficient (Wildman–Crippen LogP) is 5.25. The van der Waals surface area contributed by atoms with Crippen LogP contribution in [0.4, 0.5) is 0 Å². The van der Waals surface area contributed by atoms with Gasteiger partial charge in [0.1, 0.15) is 6.79 Å². The summed E-state index contributed by atoms with van der Waals surface area (Å²) in [7, 11) is 0. The number of rotatable bonds is 5. The zero-order valence-corrected chi connectivity index (χ0v) is 18.0. The third-order valence-corrected chi connectivity index (χ3v) is 6.35. The van der Waals surface area contributed by atoms with Crippen molar-refractivity contribution in [2.24, 2.45) is 0 Å². The number of ether oxygens (including phenoxy) is 2. The number of allylic oxidation sites excluding steroid dienone is 4. The first-order valence-corrected chi connectivity index (χ1v) is 11.1. The van der Waals surface area contributed by atoms with Crippen LogP contribution in [0, 0.1) is 0 Å². The van der Waals surface area contributed by atoms with Crippen molar-refractivity contribution in [1.29, 1.82) is 0 Å². The van der Waals surface area contributed by atoms with Gasteiger partial charge in [0.2, 0.25) is 0 Å². The van der Waals surface area contributed by atoms with Crippen molar-refractivity contribution in [1.82, 2.24) is 5.32 Å². The molecule has 2 aliphatic heterocycles. The van der Waals surface area contributed by atoms with Crippen molar-refractivity contribution in [3.05, 3.63) is 73.4 Å². The predicted molar refractivity (Wildman–Crippen MR) is 119 cm³/mol. The van der Waals surface area contributed by atoms with Gasteiger partial charge in [0.15, 0.2) is 0 Å². The highest BCUT2D eigenvalue weighted by molar-refractivity contribution is 8.02. The molecule has 0 atom stereocenters. The van der Waals surface area contributed by atoms with Crippen LogP contribution in [0.2, 0.25) is 0 Å². The van der Waals surface area contributed by atoms with Gasteiger partial charge < -0.3 is 14.8 Å². The number of hydrogen-bond donors (Lipinski definition) is 1. The van der Waals surface area contributed by atoms with Gasteiger partial charge in [-0.15, -0.1) is 23.1 Å². The van der Waals surface area contributed by atoms with E-state index in [-0.39, 0.29) is 12.7 Å². The molecule has 0 bridgehead atoms. The van der Waals surface area contributed by atoms with Gasteiger partial charge in [-0.05, 0) is 42.4 Å². The Morgan fingerprint density at radius 2 is 2.21 bits per heavy atom. The Bertz CT molecular complexity index is 865. The van der Waals surface area contributed by atoms with E-state index in [1.807, 2.05) is 49.4 Å². The molecular formula is C21H22ClNO3S2. The standard InChI is InChI=1S/C21H22ClNO3S2/c1-2-4-17(22)10-18-11-19-16(13-27-18)9-20(28-19)21(24)23-12-15-5-3-7-25-14-26-8-6-15/h2-6,9-11H,7-8,12-14H2,1H3,(H,23,24). The number of nitrogens with one attached hydrogen (secondary N) is 1. The average Bonchev–Trinajstić information content (AvgIpc) is 3.15. The van der Waals surface area contributed by atoms with E-state index >= 15 is 0 Å². The van der Waals surface area contributed by atoms with Crippen LogP contribution in [-0.2, 0) is 15.2 Å². The maximum atomic E-state index is 12.6. The molecule has 0 radical (unpaired) electrons. The number of fused-ring (bicyclic) bond motifs is 1. The maximum absolute atomic E-state index is 12.6. The zero-order chi connectivity index (χ0) is 19.8. The van der Waals surface area contributed by atoms with Gasteiger partial charge in [-0.1, -0.05) is 35.9 Å². The fourth-order valence-corrected chi connectivity index (χ4v) is 5.10. The number of carbonyl (C=O) groups is 1. The van der Waals surface area contributed by atoms with E-state index in [0.29, 0.717) is 24.8 Å². The second kappa shape index (κ2) is 10.8. The fraction of sp³-hybridized carbons (Fsp3) is 0.286. The minimum atomic E-state index is -0.0619. The van der Waals surface area contributed by atoms with E-state index in [1.165, 1.54) is 16.9 Å². The Morgan fingerprint density at radius 3 is 3.07 bits per heavy atom. The van der Waals surface area contributed by atoms with E-state index in [0.717, 1.165) is 26.0 Å². The molecule has 148 valence electrons. The molecular weight excluding hydrogens is 414 g/mol. The molecule has 0 aliphatic carbocycles. The minimum Gasteiger partial charge on any atom is -0.351 e. The second-order valence-electron chi connectivity index (χ2n) is 6.09. The molecule has 4 nitrogen and oxygen atoms in total. The van der Waals surface area contributed by atoms with Crippen molar-refractivity contribution in [3.63, 3.8) is 0 Å². The largest absolute Gasteiger partial charge is 0.351 e. The number of halogens is 1. The Balaban J connectivity index is 1.65. The summed E-state index contributed by atoms with van der Waals surface area (Å²) < 4.78 is 10.5. The third-order valence-electron chi connectivity index (χ3n) is 3.97. The molecule has 7 heteroatoms. The summed E-state index contributed by atoms with van der Waals surface area (Å²) >= 11 is 9.41. The molecule has 1 N–H and O–H groups in total. The highest BCUT2D eigenvalue weighted by atomic mass is 35.5. The first kappa shape index (κ1) is 21.1. The molecule has 0 saturated carbocycles. The molecule has 1 aromatic heterocycles. The molecule has 0 unspecified atom stereocenters. The number of amides is 1. The van der Waals surface area contributed by atoms with Gasteiger partial charge in [0.25, 0.3) is 5.91 Å². The molecule has 28 heavy (non-hydrogen) atoms. The SMILES string of the molecule is CC=CC(Cl)=CC1=Cc2sc(C(=O)NCC3=CCOCOCC=C3)cc2CS1. The first-order chi connectivity index (χ1) is 13.7. The molecule has 3 rings (SSSR count). The van der Waals surface area contributed by atoms with E-state index in [1.54, 1.807) is 11.8 Å². The number of hydrogen-bond acceptors (Lipinski definition) is 5. The van der Waals surface area contributed by atoms with Gasteiger partial charge in [0.05, 0.1) is 18.1 Å². The number of thioether (sulfide) groups is 1. The summed E-state index contributed by atoms with van der Waals surface area (Å²) in [5, 5.41) is 3.69. The molecule has 0 aromatic carbocycles. The molecule has 1 aromatic rings. The summed E-state index contributed by atoms with van der Waals surface area (Å²) in [6.07, 6.45) is 13.7. The topological polar surface area (TPSA) is 47.6 Å². The Kier molecular flexibility index (Phi) is 8.18. The molecule has 0 fully saturated rings. The summed E-state index contributed by atoms with van der Waals surface area (Å²) in [6, 6.07) is 1.98. The number of thiophene rings is 1. The molecule has 0 spiro atoms. The summed E-state index contributed by atoms with van der Waals surface area (Å²) in [5.41, 5.74) is 2.19. The minimum absolute atomic E-state index is 0.0619. The zero-order valence-electron chi connectivity index (χ0n) is 15.6. The molecule has 0 saturated heterocycles. The normalized spacial score (nSPS) is 18.0. The highest BCUT2D eigenvalue weighted by Crippen LogP contribution is 2.38. The summed E-state index contributed by atoms with van der Waals surface area (Å²) in [5.74, 6) is 0.778. The highest BCUT2D eigenvalue weighted by Gasteiger charge is 2.17. The summed E-state index contributed by atoms with van der Waals surface area (Å²) in [4.78, 5) is 15.5. The Labute approximate surface area is 178 Å². The first-order valence-electron chi connectivity index (χ1n) is 8.92. The average molecular weight is 436 g/mol. The maximum Gasteiger partial charge on any atom is 0.261 e. The van der Waals surface area contributed by atoms with Crippen LogP contribution in [0.1, 0.15) is 27.0 Å². The van der Waals surface area contributed by atoms with E-state index in [2.05, 4.69) is 11.4 Å². The third kappa shape index (κ3) is 6.22. The van der Waals surface area contributed by atoms with Crippen LogP contribution in [0.5, 0.6) is 0 Å². The monoisotopic (exact) mass is 435 g/mol. The lowest BCUT2D eigenvalue weighted by Crippen LogP contribution is -2.24. The smallest absolute Gasteiger partial charge is 0.261 e. The van der Waals surface area contributed by atoms with Crippen molar-refractivity contribution >= 4 is 46.7 Å². The Hall–Kier alpha value is -1.57. The van der Waals surface area contributed by atoms with Crippen LogP contribution < -0.4 is 5.32 Å². The lowest BCUT2D eigenvalue weighted by Gasteiger charge is -2.09. The lowest BCUT2D eigenvalue weighted by molar-refractivity contribution is -0.0327. The van der Waals surface area contributed by atoms with Crippen molar-refractivity contribution < 1.29 is 14.3 Å². The van der Waals surface area contributed by atoms with Crippen molar-refractivity contribution in [3.8, 4) is 0 Å². The van der Waals surface area contributed by atoms with Gasteiger partial charge >= 0.3 is 0 Å². The van der Waals surface area contributed by atoms with Crippen LogP contribution in [0.3, 0.4) is 0 Å². The lowest BCUT2D eigenvalue weighted by atomic mass is 10.2. The van der Waals surface area contributed by atoms with Crippen molar-refractivity contribution in [2.75, 3.05) is 26.6 Å². The van der Waals surface area contributed by atoms with Crippen LogP contribution in [0.25, 0.3) is 6.08 Å².